The number of nitrogens with one attached hydrogen (secondary N) is 2. The largest absolute Gasteiger partial charge is 0.349 e. The van der Waals surface area contributed by atoms with Gasteiger partial charge in [0.1, 0.15) is 0 Å². The van der Waals surface area contributed by atoms with Gasteiger partial charge < -0.3 is 10.7 Å². The van der Waals surface area contributed by atoms with E-state index in [-0.39, 0.29) is 5.91 Å². The van der Waals surface area contributed by atoms with Crippen LogP contribution in [0.3, 0.4) is 0 Å². The Balaban J connectivity index is 1.97. The van der Waals surface area contributed by atoms with Crippen LogP contribution in [-0.4, -0.2) is 11.9 Å². The number of nitrogens with two attached hydrogens (primary N) is 1. The highest BCUT2D eigenvalue weighted by atomic mass is 16.1. The number of nitrogen functional groups attached to an aromatic ring is 1. The van der Waals surface area contributed by atoms with Crippen LogP contribution in [0.25, 0.3) is 0 Å². The van der Waals surface area contributed by atoms with Gasteiger partial charge in [-0.3, -0.25) is 10.6 Å². The molecule has 0 aromatic heterocycles. The lowest BCUT2D eigenvalue weighted by Gasteiger charge is -2.34. The van der Waals surface area contributed by atoms with Crippen LogP contribution in [0.5, 0.6) is 0 Å². The van der Waals surface area contributed by atoms with Crippen molar-refractivity contribution >= 4 is 11.6 Å². The summed E-state index contributed by atoms with van der Waals surface area (Å²) >= 11 is 0. The Morgan fingerprint density at radius 3 is 2.50 bits per heavy atom. The second-order valence-electron chi connectivity index (χ2n) is 6.59. The van der Waals surface area contributed by atoms with Crippen molar-refractivity contribution in [3.8, 4) is 0 Å². The topological polar surface area (TPSA) is 67.2 Å². The minimum absolute atomic E-state index is 0.0152. The van der Waals surface area contributed by atoms with Crippen LogP contribution in [-0.2, 0) is 0 Å². The van der Waals surface area contributed by atoms with E-state index in [1.165, 1.54) is 12.8 Å². The van der Waals surface area contributed by atoms with E-state index in [0.29, 0.717) is 17.0 Å². The molecule has 1 aliphatic rings. The first-order valence-electron chi connectivity index (χ1n) is 7.29. The van der Waals surface area contributed by atoms with Gasteiger partial charge in [0, 0.05) is 11.6 Å². The first kappa shape index (κ1) is 14.9. The zero-order valence-electron chi connectivity index (χ0n) is 12.6. The van der Waals surface area contributed by atoms with Crippen molar-refractivity contribution in [1.82, 2.24) is 5.32 Å². The van der Waals surface area contributed by atoms with Gasteiger partial charge in [0.15, 0.2) is 0 Å². The minimum atomic E-state index is 0.0152. The normalized spacial score (nSPS) is 18.6. The number of hydrazine groups is 1. The number of benzene rings is 1. The molecule has 4 nitrogen and oxygen atoms in total. The third-order valence-electron chi connectivity index (χ3n) is 4.32. The van der Waals surface area contributed by atoms with E-state index in [1.807, 2.05) is 25.1 Å². The van der Waals surface area contributed by atoms with Gasteiger partial charge in [0.2, 0.25) is 0 Å². The van der Waals surface area contributed by atoms with Gasteiger partial charge in [-0.15, -0.1) is 0 Å². The Hall–Kier alpha value is -1.55. The van der Waals surface area contributed by atoms with E-state index >= 15 is 0 Å². The second kappa shape index (κ2) is 5.83. The summed E-state index contributed by atoms with van der Waals surface area (Å²) < 4.78 is 0. The highest BCUT2D eigenvalue weighted by Crippen LogP contribution is 2.35. The molecule has 0 heterocycles. The van der Waals surface area contributed by atoms with Crippen LogP contribution in [0.1, 0.15) is 55.5 Å². The van der Waals surface area contributed by atoms with Crippen molar-refractivity contribution in [3.63, 3.8) is 0 Å². The maximum atomic E-state index is 12.3. The van der Waals surface area contributed by atoms with Crippen molar-refractivity contribution in [2.75, 3.05) is 5.43 Å². The molecule has 0 saturated heterocycles. The number of carbonyl (C=O) groups is 1. The molecule has 0 bridgehead atoms. The Morgan fingerprint density at radius 2 is 1.95 bits per heavy atom. The van der Waals surface area contributed by atoms with Gasteiger partial charge >= 0.3 is 0 Å². The lowest BCUT2D eigenvalue weighted by Crippen LogP contribution is -2.39. The third kappa shape index (κ3) is 3.51. The van der Waals surface area contributed by atoms with Crippen LogP contribution in [0.15, 0.2) is 18.2 Å². The average molecular weight is 275 g/mol. The molecule has 4 heteroatoms. The summed E-state index contributed by atoms with van der Waals surface area (Å²) in [6.45, 7) is 6.54. The molecule has 110 valence electrons. The van der Waals surface area contributed by atoms with Crippen LogP contribution in [0.4, 0.5) is 5.69 Å². The van der Waals surface area contributed by atoms with Crippen molar-refractivity contribution in [1.29, 1.82) is 0 Å². The average Bonchev–Trinajstić information content (AvgIpc) is 2.41. The van der Waals surface area contributed by atoms with Gasteiger partial charge in [-0.2, -0.15) is 0 Å². The highest BCUT2D eigenvalue weighted by molar-refractivity contribution is 5.95. The van der Waals surface area contributed by atoms with Crippen LogP contribution < -0.4 is 16.6 Å². The third-order valence-corrected chi connectivity index (χ3v) is 4.32. The second-order valence-corrected chi connectivity index (χ2v) is 6.59. The number of aryl methyl sites for hydroxylation is 1. The fourth-order valence-corrected chi connectivity index (χ4v) is 2.78. The predicted octanol–water partition coefficient (Wildman–Crippen LogP) is 2.98. The number of hydrogen-bond acceptors (Lipinski definition) is 3. The van der Waals surface area contributed by atoms with E-state index in [4.69, 9.17) is 5.84 Å². The minimum Gasteiger partial charge on any atom is -0.349 e. The lowest BCUT2D eigenvalue weighted by molar-refractivity contribution is 0.0909. The maximum Gasteiger partial charge on any atom is 0.251 e. The standard InChI is InChI=1S/C16H25N3O/c1-11-10-12(4-5-14(11)19-17)15(20)18-13-6-8-16(2,3)9-7-13/h4-5,10,13,19H,6-9,17H2,1-3H3,(H,18,20). The summed E-state index contributed by atoms with van der Waals surface area (Å²) in [5.74, 6) is 5.42. The fraction of sp³-hybridized carbons (Fsp3) is 0.562. The molecule has 1 aromatic rings. The summed E-state index contributed by atoms with van der Waals surface area (Å²) in [6, 6.07) is 5.83. The van der Waals surface area contributed by atoms with Crippen LogP contribution >= 0.6 is 0 Å². The molecule has 1 aromatic carbocycles. The Bertz CT molecular complexity index is 486. The zero-order valence-corrected chi connectivity index (χ0v) is 12.6. The smallest absolute Gasteiger partial charge is 0.251 e. The monoisotopic (exact) mass is 275 g/mol. The van der Waals surface area contributed by atoms with Crippen molar-refractivity contribution in [3.05, 3.63) is 29.3 Å². The molecule has 1 aliphatic carbocycles. The molecule has 0 aliphatic heterocycles. The number of anilines is 1. The summed E-state index contributed by atoms with van der Waals surface area (Å²) in [7, 11) is 0. The number of amides is 1. The Kier molecular flexibility index (Phi) is 4.33. The van der Waals surface area contributed by atoms with E-state index in [9.17, 15) is 4.79 Å². The molecule has 1 fully saturated rings. The van der Waals surface area contributed by atoms with E-state index < -0.39 is 0 Å². The molecule has 0 spiro atoms. The molecule has 1 amide bonds. The summed E-state index contributed by atoms with van der Waals surface area (Å²) in [6.07, 6.45) is 4.49. The number of rotatable bonds is 3. The first-order valence-corrected chi connectivity index (χ1v) is 7.29. The first-order chi connectivity index (χ1) is 9.41. The molecule has 1 saturated carbocycles. The Morgan fingerprint density at radius 1 is 1.30 bits per heavy atom. The molecule has 0 unspecified atom stereocenters. The van der Waals surface area contributed by atoms with Crippen molar-refractivity contribution in [2.24, 2.45) is 11.3 Å². The van der Waals surface area contributed by atoms with Crippen LogP contribution in [0.2, 0.25) is 0 Å². The summed E-state index contributed by atoms with van der Waals surface area (Å²) in [5.41, 5.74) is 5.57. The van der Waals surface area contributed by atoms with Crippen molar-refractivity contribution in [2.45, 2.75) is 52.5 Å². The van der Waals surface area contributed by atoms with Crippen molar-refractivity contribution < 1.29 is 4.79 Å². The molecule has 0 atom stereocenters. The lowest BCUT2D eigenvalue weighted by atomic mass is 9.75. The van der Waals surface area contributed by atoms with E-state index in [0.717, 1.165) is 24.1 Å². The quantitative estimate of drug-likeness (QED) is 0.587. The zero-order chi connectivity index (χ0) is 14.8. The highest BCUT2D eigenvalue weighted by Gasteiger charge is 2.27. The molecule has 20 heavy (non-hydrogen) atoms. The van der Waals surface area contributed by atoms with Gasteiger partial charge in [-0.05, 0) is 61.8 Å². The molecule has 4 N–H and O–H groups in total. The maximum absolute atomic E-state index is 12.3. The molecule has 2 rings (SSSR count). The number of carbonyl (C=O) groups excluding carboxylic acids is 1. The summed E-state index contributed by atoms with van der Waals surface area (Å²) in [5, 5.41) is 3.15. The van der Waals surface area contributed by atoms with Crippen LogP contribution in [0, 0.1) is 12.3 Å². The van der Waals surface area contributed by atoms with Gasteiger partial charge in [-0.25, -0.2) is 0 Å². The van der Waals surface area contributed by atoms with E-state index in [1.54, 1.807) is 0 Å². The molecular formula is C16H25N3O. The number of hydrogen-bond donors (Lipinski definition) is 3. The SMILES string of the molecule is Cc1cc(C(=O)NC2CCC(C)(C)CC2)ccc1NN. The molecular weight excluding hydrogens is 250 g/mol. The van der Waals surface area contributed by atoms with Gasteiger partial charge in [0.05, 0.1) is 5.69 Å². The molecule has 0 radical (unpaired) electrons. The summed E-state index contributed by atoms with van der Waals surface area (Å²) in [4.78, 5) is 12.3. The fourth-order valence-electron chi connectivity index (χ4n) is 2.78. The predicted molar refractivity (Wildman–Crippen MR) is 82.5 cm³/mol. The van der Waals surface area contributed by atoms with Gasteiger partial charge in [0.25, 0.3) is 5.91 Å². The Labute approximate surface area is 121 Å². The van der Waals surface area contributed by atoms with Gasteiger partial charge in [-0.1, -0.05) is 13.8 Å². The van der Waals surface area contributed by atoms with E-state index in [2.05, 4.69) is 24.6 Å².